The molecule has 0 bridgehead atoms. The first-order valence-electron chi connectivity index (χ1n) is 9.79. The molecule has 0 aliphatic rings. The third-order valence-corrected chi connectivity index (χ3v) is 5.04. The van der Waals surface area contributed by atoms with E-state index < -0.39 is 17.4 Å². The average Bonchev–Trinajstić information content (AvgIpc) is 2.78. The van der Waals surface area contributed by atoms with E-state index in [0.29, 0.717) is 38.9 Å². The number of halogens is 1. The van der Waals surface area contributed by atoms with E-state index in [0.717, 1.165) is 0 Å². The minimum Gasteiger partial charge on any atom is -0.465 e. The van der Waals surface area contributed by atoms with Crippen molar-refractivity contribution in [2.24, 2.45) is 0 Å². The summed E-state index contributed by atoms with van der Waals surface area (Å²) < 4.78 is 5.92. The van der Waals surface area contributed by atoms with Crippen LogP contribution in [0.3, 0.4) is 0 Å². The van der Waals surface area contributed by atoms with Gasteiger partial charge in [0, 0.05) is 40.6 Å². The maximum Gasteiger partial charge on any atom is 0.337 e. The van der Waals surface area contributed by atoms with Crippen molar-refractivity contribution in [3.8, 4) is 11.4 Å². The summed E-state index contributed by atoms with van der Waals surface area (Å²) in [5.74, 6) is -0.641. The minimum atomic E-state index is -0.484. The number of nitrogens with one attached hydrogen (secondary N) is 1. The summed E-state index contributed by atoms with van der Waals surface area (Å²) in [4.78, 5) is 42.0. The largest absolute Gasteiger partial charge is 0.465 e. The maximum atomic E-state index is 13.1. The fraction of sp³-hybridized carbons (Fsp3) is 0.217. The fourth-order valence-electron chi connectivity index (χ4n) is 3.25. The summed E-state index contributed by atoms with van der Waals surface area (Å²) in [6, 6.07) is 13.0. The Hall–Kier alpha value is -3.49. The molecule has 0 aliphatic heterocycles. The Morgan fingerprint density at radius 3 is 2.53 bits per heavy atom. The van der Waals surface area contributed by atoms with Gasteiger partial charge >= 0.3 is 5.97 Å². The van der Waals surface area contributed by atoms with E-state index >= 15 is 0 Å². The number of aliphatic hydroxyl groups is 1. The van der Waals surface area contributed by atoms with Crippen LogP contribution in [0, 0.1) is 6.92 Å². The Labute approximate surface area is 189 Å². The smallest absolute Gasteiger partial charge is 0.337 e. The van der Waals surface area contributed by atoms with Gasteiger partial charge in [-0.1, -0.05) is 23.7 Å². The highest BCUT2D eigenvalue weighted by Crippen LogP contribution is 2.21. The fourth-order valence-corrected chi connectivity index (χ4v) is 3.44. The summed E-state index contributed by atoms with van der Waals surface area (Å²) in [6.45, 7) is 1.17. The molecular formula is C23H22ClN3O5. The Morgan fingerprint density at radius 2 is 1.91 bits per heavy atom. The van der Waals surface area contributed by atoms with Crippen LogP contribution in [0.15, 0.2) is 53.3 Å². The van der Waals surface area contributed by atoms with Gasteiger partial charge in [0.05, 0.1) is 12.7 Å². The van der Waals surface area contributed by atoms with Crippen molar-refractivity contribution in [2.75, 3.05) is 19.0 Å². The SMILES string of the molecule is COC(=O)c1ccc(NC(=O)Cn2c(-c3cccc(Cl)c3)nc(C)c(CCO)c2=O)cc1. The van der Waals surface area contributed by atoms with Gasteiger partial charge in [0.1, 0.15) is 12.4 Å². The van der Waals surface area contributed by atoms with E-state index in [1.165, 1.54) is 23.8 Å². The third-order valence-electron chi connectivity index (χ3n) is 4.81. The highest BCUT2D eigenvalue weighted by Gasteiger charge is 2.18. The van der Waals surface area contributed by atoms with Crippen molar-refractivity contribution < 1.29 is 19.4 Å². The van der Waals surface area contributed by atoms with Crippen LogP contribution in [0.4, 0.5) is 5.69 Å². The molecule has 0 fully saturated rings. The first-order valence-corrected chi connectivity index (χ1v) is 10.2. The number of amides is 1. The summed E-state index contributed by atoms with van der Waals surface area (Å²) in [5.41, 5.74) is 1.81. The first-order chi connectivity index (χ1) is 15.3. The number of benzene rings is 2. The lowest BCUT2D eigenvalue weighted by Crippen LogP contribution is -2.33. The van der Waals surface area contributed by atoms with Crippen LogP contribution in [0.2, 0.25) is 5.02 Å². The molecule has 9 heteroatoms. The van der Waals surface area contributed by atoms with E-state index in [1.807, 2.05) is 0 Å². The molecular weight excluding hydrogens is 434 g/mol. The predicted molar refractivity (Wildman–Crippen MR) is 121 cm³/mol. The molecule has 0 aliphatic carbocycles. The standard InChI is InChI=1S/C23H22ClN3O5/c1-14-19(10-11-28)22(30)27(21(25-14)16-4-3-5-17(24)12-16)13-20(29)26-18-8-6-15(7-9-18)23(31)32-2/h3-9,12,28H,10-11,13H2,1-2H3,(H,26,29). The second-order valence-corrected chi connectivity index (χ2v) is 7.43. The Morgan fingerprint density at radius 1 is 1.19 bits per heavy atom. The normalized spacial score (nSPS) is 10.6. The van der Waals surface area contributed by atoms with Crippen LogP contribution >= 0.6 is 11.6 Å². The zero-order chi connectivity index (χ0) is 23.3. The van der Waals surface area contributed by atoms with Crippen molar-refractivity contribution in [3.05, 3.63) is 80.7 Å². The predicted octanol–water partition coefficient (Wildman–Crippen LogP) is 2.83. The number of hydrogen-bond acceptors (Lipinski definition) is 6. The number of carbonyl (C=O) groups excluding carboxylic acids is 2. The van der Waals surface area contributed by atoms with E-state index in [4.69, 9.17) is 11.6 Å². The van der Waals surface area contributed by atoms with Crippen LogP contribution in [-0.2, 0) is 22.5 Å². The zero-order valence-electron chi connectivity index (χ0n) is 17.6. The summed E-state index contributed by atoms with van der Waals surface area (Å²) in [5, 5.41) is 12.5. The van der Waals surface area contributed by atoms with Gasteiger partial charge in [0.2, 0.25) is 5.91 Å². The average molecular weight is 456 g/mol. The molecule has 2 aromatic carbocycles. The lowest BCUT2D eigenvalue weighted by atomic mass is 10.1. The van der Waals surface area contributed by atoms with Gasteiger partial charge in [0.15, 0.2) is 0 Å². The summed E-state index contributed by atoms with van der Waals surface area (Å²) >= 11 is 6.11. The van der Waals surface area contributed by atoms with E-state index in [9.17, 15) is 19.5 Å². The number of nitrogens with zero attached hydrogens (tertiary/aromatic N) is 2. The molecule has 32 heavy (non-hydrogen) atoms. The molecule has 0 spiro atoms. The number of ether oxygens (including phenoxy) is 1. The third kappa shape index (κ3) is 5.22. The van der Waals surface area contributed by atoms with Gasteiger partial charge < -0.3 is 15.2 Å². The van der Waals surface area contributed by atoms with E-state index in [1.54, 1.807) is 43.3 Å². The molecule has 0 unspecified atom stereocenters. The van der Waals surface area contributed by atoms with Crippen molar-refractivity contribution in [3.63, 3.8) is 0 Å². The molecule has 166 valence electrons. The van der Waals surface area contributed by atoms with Gasteiger partial charge in [-0.25, -0.2) is 9.78 Å². The van der Waals surface area contributed by atoms with Crippen molar-refractivity contribution in [1.29, 1.82) is 0 Å². The number of aromatic nitrogens is 2. The second-order valence-electron chi connectivity index (χ2n) is 6.99. The van der Waals surface area contributed by atoms with Gasteiger partial charge in [-0.15, -0.1) is 0 Å². The second kappa shape index (κ2) is 10.2. The van der Waals surface area contributed by atoms with Crippen LogP contribution < -0.4 is 10.9 Å². The van der Waals surface area contributed by atoms with Crippen LogP contribution in [0.25, 0.3) is 11.4 Å². The number of hydrogen-bond donors (Lipinski definition) is 2. The van der Waals surface area contributed by atoms with Gasteiger partial charge in [0.25, 0.3) is 5.56 Å². The molecule has 1 amide bonds. The molecule has 3 rings (SSSR count). The van der Waals surface area contributed by atoms with E-state index in [2.05, 4.69) is 15.0 Å². The molecule has 1 heterocycles. The molecule has 3 aromatic rings. The number of esters is 1. The van der Waals surface area contributed by atoms with Crippen molar-refractivity contribution in [1.82, 2.24) is 9.55 Å². The molecule has 2 N–H and O–H groups in total. The lowest BCUT2D eigenvalue weighted by molar-refractivity contribution is -0.116. The molecule has 0 radical (unpaired) electrons. The van der Waals surface area contributed by atoms with Gasteiger partial charge in [-0.3, -0.25) is 14.2 Å². The molecule has 8 nitrogen and oxygen atoms in total. The quantitative estimate of drug-likeness (QED) is 0.530. The molecule has 1 aromatic heterocycles. The lowest BCUT2D eigenvalue weighted by Gasteiger charge is -2.16. The number of rotatable bonds is 7. The summed E-state index contributed by atoms with van der Waals surface area (Å²) in [6.07, 6.45) is 0.129. The van der Waals surface area contributed by atoms with Gasteiger partial charge in [-0.2, -0.15) is 0 Å². The highest BCUT2D eigenvalue weighted by molar-refractivity contribution is 6.30. The van der Waals surface area contributed by atoms with Crippen LogP contribution in [0.5, 0.6) is 0 Å². The zero-order valence-corrected chi connectivity index (χ0v) is 18.3. The number of anilines is 1. The number of aryl methyl sites for hydroxylation is 1. The van der Waals surface area contributed by atoms with Gasteiger partial charge in [-0.05, 0) is 43.3 Å². The number of methoxy groups -OCH3 is 1. The minimum absolute atomic E-state index is 0.129. The van der Waals surface area contributed by atoms with E-state index in [-0.39, 0.29) is 19.6 Å². The van der Waals surface area contributed by atoms with Crippen LogP contribution in [0.1, 0.15) is 21.6 Å². The van der Waals surface area contributed by atoms with Crippen molar-refractivity contribution >= 4 is 29.2 Å². The first kappa shape index (κ1) is 23.2. The van der Waals surface area contributed by atoms with Crippen molar-refractivity contribution in [2.45, 2.75) is 19.9 Å². The molecule has 0 saturated carbocycles. The highest BCUT2D eigenvalue weighted by atomic mass is 35.5. The van der Waals surface area contributed by atoms with Crippen LogP contribution in [-0.4, -0.2) is 40.3 Å². The monoisotopic (exact) mass is 455 g/mol. The topological polar surface area (TPSA) is 111 Å². The summed E-state index contributed by atoms with van der Waals surface area (Å²) in [7, 11) is 1.29. The molecule has 0 atom stereocenters. The Kier molecular flexibility index (Phi) is 7.40. The Bertz CT molecular complexity index is 1210. The molecule has 0 saturated heterocycles. The Balaban J connectivity index is 1.94. The number of aliphatic hydroxyl groups excluding tert-OH is 1. The number of carbonyl (C=O) groups is 2. The maximum absolute atomic E-state index is 13.1.